The molecule has 2 heterocycles. The molecule has 1 aromatic rings. The normalized spacial score (nSPS) is 22.8. The van der Waals surface area contributed by atoms with Gasteiger partial charge in [0, 0.05) is 18.5 Å². The fraction of sp³-hybridized carbons (Fsp3) is 0.700. The summed E-state index contributed by atoms with van der Waals surface area (Å²) in [7, 11) is -3.46. The Morgan fingerprint density at radius 2 is 2.35 bits per heavy atom. The third-order valence-electron chi connectivity index (χ3n) is 3.12. The van der Waals surface area contributed by atoms with Gasteiger partial charge in [-0.2, -0.15) is 9.40 Å². The van der Waals surface area contributed by atoms with Crippen LogP contribution >= 0.6 is 11.6 Å². The van der Waals surface area contributed by atoms with Crippen LogP contribution in [0.5, 0.6) is 0 Å². The lowest BCUT2D eigenvalue weighted by atomic mass is 10.1. The number of nitrogens with one attached hydrogen (secondary N) is 1. The number of aryl methyl sites for hydroxylation is 1. The van der Waals surface area contributed by atoms with Crippen LogP contribution in [0.25, 0.3) is 0 Å². The fourth-order valence-corrected chi connectivity index (χ4v) is 4.39. The maximum atomic E-state index is 12.4. The van der Waals surface area contributed by atoms with E-state index in [1.54, 1.807) is 6.92 Å². The monoisotopic (exact) mass is 277 g/mol. The van der Waals surface area contributed by atoms with Crippen LogP contribution in [0.3, 0.4) is 0 Å². The van der Waals surface area contributed by atoms with E-state index in [-0.39, 0.29) is 10.9 Å². The van der Waals surface area contributed by atoms with Crippen LogP contribution in [0.4, 0.5) is 0 Å². The summed E-state index contributed by atoms with van der Waals surface area (Å²) < 4.78 is 26.4. The predicted molar refractivity (Wildman–Crippen MR) is 65.6 cm³/mol. The number of aromatic amines is 1. The lowest BCUT2D eigenvalue weighted by Gasteiger charge is -2.33. The van der Waals surface area contributed by atoms with Gasteiger partial charge >= 0.3 is 0 Å². The molecule has 96 valence electrons. The molecule has 17 heavy (non-hydrogen) atoms. The Hall–Kier alpha value is -0.590. The Kier molecular flexibility index (Phi) is 3.75. The van der Waals surface area contributed by atoms with Crippen molar-refractivity contribution in [1.29, 1.82) is 0 Å². The summed E-state index contributed by atoms with van der Waals surface area (Å²) in [4.78, 5) is 0.259. The second kappa shape index (κ2) is 4.96. The Morgan fingerprint density at radius 1 is 1.59 bits per heavy atom. The summed E-state index contributed by atoms with van der Waals surface area (Å²) >= 11 is 5.85. The number of hydrogen-bond acceptors (Lipinski definition) is 3. The van der Waals surface area contributed by atoms with Gasteiger partial charge in [-0.05, 0) is 19.8 Å². The molecular formula is C10H16ClN3O2S. The lowest BCUT2D eigenvalue weighted by Crippen LogP contribution is -2.44. The molecule has 0 spiro atoms. The van der Waals surface area contributed by atoms with E-state index in [1.165, 1.54) is 10.5 Å². The molecule has 1 fully saturated rings. The smallest absolute Gasteiger partial charge is 0.246 e. The number of piperidine rings is 1. The number of nitrogens with zero attached hydrogens (tertiary/aromatic N) is 2. The van der Waals surface area contributed by atoms with Gasteiger partial charge in [0.25, 0.3) is 0 Å². The van der Waals surface area contributed by atoms with Crippen molar-refractivity contribution < 1.29 is 8.42 Å². The van der Waals surface area contributed by atoms with Crippen molar-refractivity contribution >= 4 is 21.6 Å². The highest BCUT2D eigenvalue weighted by Crippen LogP contribution is 2.26. The van der Waals surface area contributed by atoms with Crippen LogP contribution in [-0.2, 0) is 10.0 Å². The zero-order valence-electron chi connectivity index (χ0n) is 9.69. The first-order valence-corrected chi connectivity index (χ1v) is 7.62. The van der Waals surface area contributed by atoms with Gasteiger partial charge in [-0.3, -0.25) is 5.10 Å². The molecule has 1 atom stereocenters. The first-order chi connectivity index (χ1) is 8.07. The van der Waals surface area contributed by atoms with Crippen molar-refractivity contribution in [3.05, 3.63) is 11.9 Å². The summed E-state index contributed by atoms with van der Waals surface area (Å²) in [6, 6.07) is -0.0929. The van der Waals surface area contributed by atoms with Gasteiger partial charge in [-0.1, -0.05) is 6.42 Å². The number of halogens is 1. The lowest BCUT2D eigenvalue weighted by molar-refractivity contribution is 0.271. The zero-order chi connectivity index (χ0) is 12.5. The molecule has 1 N–H and O–H groups in total. The molecule has 5 nitrogen and oxygen atoms in total. The van der Waals surface area contributed by atoms with Gasteiger partial charge in [0.1, 0.15) is 4.90 Å². The average Bonchev–Trinajstić information content (AvgIpc) is 2.76. The highest BCUT2D eigenvalue weighted by molar-refractivity contribution is 7.89. The van der Waals surface area contributed by atoms with Gasteiger partial charge < -0.3 is 0 Å². The minimum absolute atomic E-state index is 0.0929. The first kappa shape index (κ1) is 12.9. The van der Waals surface area contributed by atoms with Gasteiger partial charge in [-0.15, -0.1) is 11.6 Å². The van der Waals surface area contributed by atoms with E-state index >= 15 is 0 Å². The fourth-order valence-electron chi connectivity index (χ4n) is 2.17. The number of H-pyrrole nitrogens is 1. The SMILES string of the molecule is Cc1[nH]ncc1S(=O)(=O)N1CCCCC1CCl. The van der Waals surface area contributed by atoms with Crippen molar-refractivity contribution in [3.8, 4) is 0 Å². The molecule has 0 aromatic carbocycles. The third kappa shape index (κ3) is 2.34. The number of hydrogen-bond donors (Lipinski definition) is 1. The van der Waals surface area contributed by atoms with E-state index in [2.05, 4.69) is 10.2 Å². The summed E-state index contributed by atoms with van der Waals surface area (Å²) in [6.45, 7) is 2.25. The van der Waals surface area contributed by atoms with E-state index in [1.807, 2.05) is 0 Å². The van der Waals surface area contributed by atoms with E-state index in [0.29, 0.717) is 18.1 Å². The topological polar surface area (TPSA) is 66.1 Å². The predicted octanol–water partition coefficient (Wildman–Crippen LogP) is 1.50. The van der Waals surface area contributed by atoms with Gasteiger partial charge in [0.2, 0.25) is 10.0 Å². The molecule has 1 aliphatic rings. The van der Waals surface area contributed by atoms with E-state index < -0.39 is 10.0 Å². The molecule has 0 amide bonds. The number of aromatic nitrogens is 2. The molecule has 1 saturated heterocycles. The maximum absolute atomic E-state index is 12.4. The second-order valence-electron chi connectivity index (χ2n) is 4.28. The molecule has 1 aromatic heterocycles. The standard InChI is InChI=1S/C10H16ClN3O2S/c1-8-10(7-12-13-8)17(15,16)14-5-3-2-4-9(14)6-11/h7,9H,2-6H2,1H3,(H,12,13). The Labute approximate surface area is 106 Å². The Morgan fingerprint density at radius 3 is 2.94 bits per heavy atom. The molecule has 7 heteroatoms. The molecule has 0 bridgehead atoms. The van der Waals surface area contributed by atoms with E-state index in [4.69, 9.17) is 11.6 Å². The second-order valence-corrected chi connectivity index (χ2v) is 6.45. The summed E-state index contributed by atoms with van der Waals surface area (Å²) in [6.07, 6.45) is 4.13. The van der Waals surface area contributed by atoms with Crippen LogP contribution in [0.1, 0.15) is 25.0 Å². The van der Waals surface area contributed by atoms with E-state index in [0.717, 1.165) is 19.3 Å². The van der Waals surface area contributed by atoms with Crippen molar-refractivity contribution in [2.45, 2.75) is 37.1 Å². The van der Waals surface area contributed by atoms with Crippen LogP contribution in [0.2, 0.25) is 0 Å². The molecule has 0 aliphatic carbocycles. The van der Waals surface area contributed by atoms with E-state index in [9.17, 15) is 8.42 Å². The van der Waals surface area contributed by atoms with Gasteiger partial charge in [0.05, 0.1) is 11.9 Å². The molecule has 1 unspecified atom stereocenters. The molecule has 0 saturated carbocycles. The van der Waals surface area contributed by atoms with Crippen LogP contribution in [0, 0.1) is 6.92 Å². The van der Waals surface area contributed by atoms with Crippen molar-refractivity contribution in [1.82, 2.24) is 14.5 Å². The number of sulfonamides is 1. The zero-order valence-corrected chi connectivity index (χ0v) is 11.3. The summed E-state index contributed by atoms with van der Waals surface area (Å²) in [5.74, 6) is 0.343. The Balaban J connectivity index is 2.34. The Bertz CT molecular complexity index is 485. The van der Waals surface area contributed by atoms with Crippen molar-refractivity contribution in [2.24, 2.45) is 0 Å². The quantitative estimate of drug-likeness (QED) is 0.852. The molecule has 1 aliphatic heterocycles. The van der Waals surface area contributed by atoms with Crippen LogP contribution in [-0.4, -0.2) is 41.4 Å². The molecule has 0 radical (unpaired) electrons. The maximum Gasteiger partial charge on any atom is 0.246 e. The molecule has 2 rings (SSSR count). The highest BCUT2D eigenvalue weighted by atomic mass is 35.5. The summed E-state index contributed by atoms with van der Waals surface area (Å²) in [5.41, 5.74) is 0.573. The van der Waals surface area contributed by atoms with Gasteiger partial charge in [0.15, 0.2) is 0 Å². The van der Waals surface area contributed by atoms with Gasteiger partial charge in [-0.25, -0.2) is 8.42 Å². The minimum atomic E-state index is -3.46. The van der Waals surface area contributed by atoms with Crippen LogP contribution in [0.15, 0.2) is 11.1 Å². The minimum Gasteiger partial charge on any atom is -0.281 e. The van der Waals surface area contributed by atoms with Crippen molar-refractivity contribution in [3.63, 3.8) is 0 Å². The average molecular weight is 278 g/mol. The first-order valence-electron chi connectivity index (χ1n) is 5.65. The largest absolute Gasteiger partial charge is 0.281 e. The third-order valence-corrected chi connectivity index (χ3v) is 5.54. The van der Waals surface area contributed by atoms with Crippen molar-refractivity contribution in [2.75, 3.05) is 12.4 Å². The number of rotatable bonds is 3. The van der Waals surface area contributed by atoms with Crippen LogP contribution < -0.4 is 0 Å². The highest BCUT2D eigenvalue weighted by Gasteiger charge is 2.34. The molecular weight excluding hydrogens is 262 g/mol. The number of alkyl halides is 1. The summed E-state index contributed by atoms with van der Waals surface area (Å²) in [5, 5.41) is 6.43.